The van der Waals surface area contributed by atoms with Gasteiger partial charge in [0.15, 0.2) is 0 Å². The zero-order valence-electron chi connectivity index (χ0n) is 17.7. The Kier molecular flexibility index (Phi) is 4.55. The van der Waals surface area contributed by atoms with Crippen molar-refractivity contribution in [2.45, 2.75) is 12.6 Å². The number of benzene rings is 2. The van der Waals surface area contributed by atoms with Crippen LogP contribution in [0.2, 0.25) is 0 Å². The fourth-order valence-corrected chi connectivity index (χ4v) is 4.60. The van der Waals surface area contributed by atoms with E-state index in [0.29, 0.717) is 29.8 Å². The van der Waals surface area contributed by atoms with E-state index in [1.165, 1.54) is 11.6 Å². The van der Waals surface area contributed by atoms with Crippen LogP contribution in [-0.2, 0) is 25.4 Å². The van der Waals surface area contributed by atoms with E-state index in [2.05, 4.69) is 4.57 Å². The molecule has 0 N–H and O–H groups in total. The van der Waals surface area contributed by atoms with Crippen LogP contribution in [-0.4, -0.2) is 27.4 Å². The summed E-state index contributed by atoms with van der Waals surface area (Å²) in [5.41, 5.74) is 3.32. The van der Waals surface area contributed by atoms with E-state index in [1.807, 2.05) is 54.6 Å². The van der Waals surface area contributed by atoms with Crippen molar-refractivity contribution in [2.75, 3.05) is 13.7 Å². The Bertz CT molecular complexity index is 1410. The highest BCUT2D eigenvalue weighted by Gasteiger charge is 2.34. The van der Waals surface area contributed by atoms with Crippen LogP contribution in [0.4, 0.5) is 0 Å². The molecule has 4 aromatic rings. The SMILES string of the molecule is COc1ccccc1C1OCCn2c(-c3ccccc3)c3c(=O)n(C)c(=O)n(C)c3c21. The third-order valence-corrected chi connectivity index (χ3v) is 6.02. The van der Waals surface area contributed by atoms with Crippen LogP contribution in [0.5, 0.6) is 5.75 Å². The van der Waals surface area contributed by atoms with E-state index in [9.17, 15) is 9.59 Å². The number of methoxy groups -OCH3 is 1. The standard InChI is InChI=1S/C24H23N3O4/c1-25-20-18(23(28)26(2)24(25)29)19(15-9-5-4-6-10-15)27-13-14-31-22(21(20)27)16-11-7-8-12-17(16)30-3/h4-12,22H,13-14H2,1-3H3. The second-order valence-electron chi connectivity index (χ2n) is 7.67. The first kappa shape index (κ1) is 19.4. The molecule has 1 unspecified atom stereocenters. The van der Waals surface area contributed by atoms with Crippen molar-refractivity contribution in [3.8, 4) is 17.0 Å². The molecular weight excluding hydrogens is 394 g/mol. The first-order valence-corrected chi connectivity index (χ1v) is 10.2. The molecule has 1 atom stereocenters. The number of nitrogens with zero attached hydrogens (tertiary/aromatic N) is 3. The molecule has 0 saturated carbocycles. The van der Waals surface area contributed by atoms with Gasteiger partial charge in [0.25, 0.3) is 5.56 Å². The van der Waals surface area contributed by atoms with E-state index >= 15 is 0 Å². The minimum absolute atomic E-state index is 0.308. The lowest BCUT2D eigenvalue weighted by atomic mass is 10.0. The van der Waals surface area contributed by atoms with E-state index in [-0.39, 0.29) is 11.2 Å². The number of hydrogen-bond donors (Lipinski definition) is 0. The first-order valence-electron chi connectivity index (χ1n) is 10.2. The molecule has 0 bridgehead atoms. The highest BCUT2D eigenvalue weighted by molar-refractivity contribution is 5.96. The van der Waals surface area contributed by atoms with E-state index in [1.54, 1.807) is 18.7 Å². The monoisotopic (exact) mass is 417 g/mol. The fourth-order valence-electron chi connectivity index (χ4n) is 4.60. The Labute approximate surface area is 178 Å². The van der Waals surface area contributed by atoms with Crippen molar-refractivity contribution in [1.82, 2.24) is 13.7 Å². The molecule has 0 spiro atoms. The van der Waals surface area contributed by atoms with Gasteiger partial charge in [-0.05, 0) is 11.6 Å². The quantitative estimate of drug-likeness (QED) is 0.514. The van der Waals surface area contributed by atoms with Gasteiger partial charge < -0.3 is 14.0 Å². The Hall–Kier alpha value is -3.58. The number of rotatable bonds is 3. The summed E-state index contributed by atoms with van der Waals surface area (Å²) in [6.45, 7) is 1.06. The maximum absolute atomic E-state index is 13.4. The molecule has 0 saturated heterocycles. The normalized spacial score (nSPS) is 15.8. The zero-order valence-corrected chi connectivity index (χ0v) is 17.7. The van der Waals surface area contributed by atoms with E-state index in [0.717, 1.165) is 22.5 Å². The summed E-state index contributed by atoms with van der Waals surface area (Å²) >= 11 is 0. The number of aromatic nitrogens is 3. The number of aryl methyl sites for hydroxylation is 1. The van der Waals surface area contributed by atoms with Crippen LogP contribution in [0.15, 0.2) is 64.2 Å². The van der Waals surface area contributed by atoms with Gasteiger partial charge in [-0.25, -0.2) is 4.79 Å². The minimum atomic E-state index is -0.470. The van der Waals surface area contributed by atoms with Gasteiger partial charge in [-0.15, -0.1) is 0 Å². The predicted octanol–water partition coefficient (Wildman–Crippen LogP) is 2.83. The van der Waals surface area contributed by atoms with Gasteiger partial charge in [0.1, 0.15) is 11.9 Å². The molecule has 1 aliphatic rings. The zero-order chi connectivity index (χ0) is 21.7. The van der Waals surface area contributed by atoms with E-state index in [4.69, 9.17) is 9.47 Å². The molecule has 31 heavy (non-hydrogen) atoms. The first-order chi connectivity index (χ1) is 15.0. The molecule has 0 radical (unpaired) electrons. The third kappa shape index (κ3) is 2.77. The van der Waals surface area contributed by atoms with Crippen LogP contribution >= 0.6 is 0 Å². The lowest BCUT2D eigenvalue weighted by molar-refractivity contribution is 0.0464. The van der Waals surface area contributed by atoms with Crippen molar-refractivity contribution < 1.29 is 9.47 Å². The number of para-hydroxylation sites is 1. The summed E-state index contributed by atoms with van der Waals surface area (Å²) in [5.74, 6) is 0.699. The Balaban J connectivity index is 1.96. The van der Waals surface area contributed by atoms with Crippen LogP contribution < -0.4 is 16.0 Å². The molecule has 158 valence electrons. The van der Waals surface area contributed by atoms with Crippen molar-refractivity contribution in [3.05, 3.63) is 86.7 Å². The second kappa shape index (κ2) is 7.28. The third-order valence-electron chi connectivity index (χ3n) is 6.02. The van der Waals surface area contributed by atoms with Gasteiger partial charge in [-0.3, -0.25) is 13.9 Å². The summed E-state index contributed by atoms with van der Waals surface area (Å²) in [6.07, 6.45) is -0.470. The average molecular weight is 417 g/mol. The summed E-state index contributed by atoms with van der Waals surface area (Å²) < 4.78 is 16.7. The minimum Gasteiger partial charge on any atom is -0.496 e. The van der Waals surface area contributed by atoms with E-state index < -0.39 is 6.10 Å². The maximum Gasteiger partial charge on any atom is 0.331 e. The van der Waals surface area contributed by atoms with Gasteiger partial charge in [0.05, 0.1) is 36.0 Å². The topological polar surface area (TPSA) is 67.4 Å². The lowest BCUT2D eigenvalue weighted by Crippen LogP contribution is -2.37. The Morgan fingerprint density at radius 3 is 2.42 bits per heavy atom. The highest BCUT2D eigenvalue weighted by atomic mass is 16.5. The molecule has 7 nitrogen and oxygen atoms in total. The fraction of sp³-hybridized carbons (Fsp3) is 0.250. The largest absolute Gasteiger partial charge is 0.496 e. The second-order valence-corrected chi connectivity index (χ2v) is 7.67. The predicted molar refractivity (Wildman–Crippen MR) is 119 cm³/mol. The molecule has 1 aliphatic heterocycles. The van der Waals surface area contributed by atoms with Gasteiger partial charge in [-0.1, -0.05) is 48.5 Å². The number of hydrogen-bond acceptors (Lipinski definition) is 4. The smallest absolute Gasteiger partial charge is 0.331 e. The molecule has 5 rings (SSSR count). The summed E-state index contributed by atoms with van der Waals surface area (Å²) in [7, 11) is 4.84. The van der Waals surface area contributed by atoms with Crippen molar-refractivity contribution >= 4 is 10.9 Å². The van der Waals surface area contributed by atoms with Gasteiger partial charge in [0.2, 0.25) is 0 Å². The highest BCUT2D eigenvalue weighted by Crippen LogP contribution is 2.42. The van der Waals surface area contributed by atoms with Gasteiger partial charge in [0, 0.05) is 26.2 Å². The Morgan fingerprint density at radius 2 is 1.68 bits per heavy atom. The van der Waals surface area contributed by atoms with Crippen molar-refractivity contribution in [2.24, 2.45) is 14.1 Å². The van der Waals surface area contributed by atoms with Crippen LogP contribution in [0, 0.1) is 0 Å². The maximum atomic E-state index is 13.4. The van der Waals surface area contributed by atoms with Gasteiger partial charge >= 0.3 is 5.69 Å². The van der Waals surface area contributed by atoms with Crippen LogP contribution in [0.1, 0.15) is 17.4 Å². The van der Waals surface area contributed by atoms with Crippen LogP contribution in [0.3, 0.4) is 0 Å². The molecule has 2 aromatic heterocycles. The average Bonchev–Trinajstić information content (AvgIpc) is 3.17. The van der Waals surface area contributed by atoms with Gasteiger partial charge in [-0.2, -0.15) is 0 Å². The number of fused-ring (bicyclic) bond motifs is 3. The van der Waals surface area contributed by atoms with Crippen LogP contribution in [0.25, 0.3) is 22.2 Å². The lowest BCUT2D eigenvalue weighted by Gasteiger charge is -2.28. The Morgan fingerprint density at radius 1 is 0.968 bits per heavy atom. The molecule has 0 aliphatic carbocycles. The molecule has 2 aromatic carbocycles. The molecular formula is C24H23N3O4. The summed E-state index contributed by atoms with van der Waals surface area (Å²) in [5, 5.41) is 0.524. The molecule has 0 amide bonds. The number of ether oxygens (including phenoxy) is 2. The molecule has 3 heterocycles. The van der Waals surface area contributed by atoms with Crippen molar-refractivity contribution in [1.29, 1.82) is 0 Å². The van der Waals surface area contributed by atoms with Crippen molar-refractivity contribution in [3.63, 3.8) is 0 Å². The molecule has 0 fully saturated rings. The summed E-state index contributed by atoms with van der Waals surface area (Å²) in [4.78, 5) is 26.2. The molecule has 7 heteroatoms. The summed E-state index contributed by atoms with van der Waals surface area (Å²) in [6, 6.07) is 17.5.